The zero-order chi connectivity index (χ0) is 19.4. The van der Waals surface area contributed by atoms with Crippen LogP contribution < -0.4 is 0 Å². The molecule has 0 saturated carbocycles. The predicted molar refractivity (Wildman–Crippen MR) is 106 cm³/mol. The van der Waals surface area contributed by atoms with E-state index in [1.165, 1.54) is 6.33 Å². The standard InChI is InChI=1S/C20H20Cl2N4O2/c21-16-3-4-18(19(22)8-16)20(12-26-14-24-13-25-26)6-5-17(28-20)11-27-10-15-2-1-7-23-9-15/h1-4,7-9,13-14,17H,5-6,10-12H2/t17-,20+/m1/s1. The van der Waals surface area contributed by atoms with Crippen LogP contribution in [0.1, 0.15) is 24.0 Å². The smallest absolute Gasteiger partial charge is 0.137 e. The van der Waals surface area contributed by atoms with Crippen molar-refractivity contribution in [1.82, 2.24) is 19.7 Å². The molecule has 0 N–H and O–H groups in total. The molecule has 2 atom stereocenters. The molecule has 1 aliphatic rings. The van der Waals surface area contributed by atoms with E-state index in [4.69, 9.17) is 32.7 Å². The van der Waals surface area contributed by atoms with Gasteiger partial charge in [-0.25, -0.2) is 9.67 Å². The highest BCUT2D eigenvalue weighted by Gasteiger charge is 2.43. The number of nitrogens with zero attached hydrogens (tertiary/aromatic N) is 4. The number of rotatable bonds is 7. The maximum atomic E-state index is 6.52. The molecule has 3 aromatic rings. The molecule has 8 heteroatoms. The fourth-order valence-electron chi connectivity index (χ4n) is 3.57. The summed E-state index contributed by atoms with van der Waals surface area (Å²) in [6.45, 7) is 1.53. The summed E-state index contributed by atoms with van der Waals surface area (Å²) in [4.78, 5) is 8.14. The number of benzene rings is 1. The Labute approximate surface area is 173 Å². The number of pyridine rings is 1. The Morgan fingerprint density at radius 1 is 1.25 bits per heavy atom. The molecule has 6 nitrogen and oxygen atoms in total. The van der Waals surface area contributed by atoms with Crippen LogP contribution in [0.2, 0.25) is 10.0 Å². The first kappa shape index (κ1) is 19.3. The molecule has 4 rings (SSSR count). The molecule has 1 fully saturated rings. The molecule has 0 amide bonds. The molecular weight excluding hydrogens is 399 g/mol. The molecule has 1 aliphatic heterocycles. The number of halogens is 2. The second-order valence-electron chi connectivity index (χ2n) is 6.87. The van der Waals surface area contributed by atoms with Gasteiger partial charge in [0.1, 0.15) is 18.3 Å². The highest BCUT2D eigenvalue weighted by atomic mass is 35.5. The van der Waals surface area contributed by atoms with E-state index in [1.54, 1.807) is 29.5 Å². The van der Waals surface area contributed by atoms with Gasteiger partial charge in [0.15, 0.2) is 0 Å². The van der Waals surface area contributed by atoms with Crippen molar-refractivity contribution in [2.75, 3.05) is 6.61 Å². The van der Waals surface area contributed by atoms with E-state index < -0.39 is 5.60 Å². The molecule has 0 bridgehead atoms. The average molecular weight is 419 g/mol. The van der Waals surface area contributed by atoms with Gasteiger partial charge in [0, 0.05) is 28.0 Å². The van der Waals surface area contributed by atoms with Crippen molar-refractivity contribution in [1.29, 1.82) is 0 Å². The van der Waals surface area contributed by atoms with E-state index in [9.17, 15) is 0 Å². The van der Waals surface area contributed by atoms with Crippen molar-refractivity contribution in [2.45, 2.75) is 37.7 Å². The maximum Gasteiger partial charge on any atom is 0.137 e. The first-order valence-corrected chi connectivity index (χ1v) is 9.83. The summed E-state index contributed by atoms with van der Waals surface area (Å²) in [7, 11) is 0. The zero-order valence-corrected chi connectivity index (χ0v) is 16.7. The lowest BCUT2D eigenvalue weighted by Gasteiger charge is -2.31. The van der Waals surface area contributed by atoms with Gasteiger partial charge in [-0.3, -0.25) is 4.98 Å². The van der Waals surface area contributed by atoms with Gasteiger partial charge in [0.25, 0.3) is 0 Å². The molecule has 28 heavy (non-hydrogen) atoms. The van der Waals surface area contributed by atoms with Gasteiger partial charge in [0.2, 0.25) is 0 Å². The molecule has 0 unspecified atom stereocenters. The molecule has 3 heterocycles. The van der Waals surface area contributed by atoms with Crippen LogP contribution in [0.4, 0.5) is 0 Å². The van der Waals surface area contributed by atoms with Gasteiger partial charge < -0.3 is 9.47 Å². The summed E-state index contributed by atoms with van der Waals surface area (Å²) in [5.74, 6) is 0. The zero-order valence-electron chi connectivity index (χ0n) is 15.2. The SMILES string of the molecule is Clc1ccc([C@@]2(Cn3cncn3)CC[C@H](COCc3cccnc3)O2)c(Cl)c1. The minimum atomic E-state index is -0.600. The lowest BCUT2D eigenvalue weighted by molar-refractivity contribution is -0.0876. The third-order valence-electron chi connectivity index (χ3n) is 4.86. The lowest BCUT2D eigenvalue weighted by Crippen LogP contribution is -2.33. The van der Waals surface area contributed by atoms with Crippen LogP contribution in [0.15, 0.2) is 55.4 Å². The highest BCUT2D eigenvalue weighted by Crippen LogP contribution is 2.44. The molecule has 0 aliphatic carbocycles. The third-order valence-corrected chi connectivity index (χ3v) is 5.41. The minimum Gasteiger partial charge on any atom is -0.374 e. The predicted octanol–water partition coefficient (Wildman–Crippen LogP) is 4.27. The molecule has 0 radical (unpaired) electrons. The van der Waals surface area contributed by atoms with Crippen LogP contribution in [-0.2, 0) is 28.2 Å². The number of hydrogen-bond acceptors (Lipinski definition) is 5. The Bertz CT molecular complexity index is 908. The van der Waals surface area contributed by atoms with Crippen LogP contribution in [-0.4, -0.2) is 32.5 Å². The van der Waals surface area contributed by atoms with Crippen molar-refractivity contribution in [2.24, 2.45) is 0 Å². The van der Waals surface area contributed by atoms with Crippen LogP contribution in [0, 0.1) is 0 Å². The summed E-state index contributed by atoms with van der Waals surface area (Å²) >= 11 is 12.6. The first-order valence-electron chi connectivity index (χ1n) is 9.07. The largest absolute Gasteiger partial charge is 0.374 e. The van der Waals surface area contributed by atoms with Crippen molar-refractivity contribution >= 4 is 23.2 Å². The van der Waals surface area contributed by atoms with Crippen molar-refractivity contribution < 1.29 is 9.47 Å². The molecular formula is C20H20Cl2N4O2. The third kappa shape index (κ3) is 4.36. The monoisotopic (exact) mass is 418 g/mol. The molecule has 146 valence electrons. The van der Waals surface area contributed by atoms with Crippen molar-refractivity contribution in [3.05, 3.63) is 76.6 Å². The normalized spacial score (nSPS) is 21.9. The number of aromatic nitrogens is 4. The summed E-state index contributed by atoms with van der Waals surface area (Å²) in [5, 5.41) is 5.43. The van der Waals surface area contributed by atoms with Crippen molar-refractivity contribution in [3.63, 3.8) is 0 Å². The lowest BCUT2D eigenvalue weighted by atomic mass is 9.90. The van der Waals surface area contributed by atoms with E-state index in [-0.39, 0.29) is 6.10 Å². The van der Waals surface area contributed by atoms with Crippen LogP contribution in [0.5, 0.6) is 0 Å². The molecule has 1 saturated heterocycles. The van der Waals surface area contributed by atoms with E-state index in [2.05, 4.69) is 15.1 Å². The summed E-state index contributed by atoms with van der Waals surface area (Å²) < 4.78 is 14.1. The molecule has 2 aromatic heterocycles. The highest BCUT2D eigenvalue weighted by molar-refractivity contribution is 6.35. The van der Waals surface area contributed by atoms with E-state index in [1.807, 2.05) is 24.3 Å². The molecule has 1 aromatic carbocycles. The first-order chi connectivity index (χ1) is 13.6. The maximum absolute atomic E-state index is 6.52. The van der Waals surface area contributed by atoms with E-state index in [0.717, 1.165) is 24.0 Å². The van der Waals surface area contributed by atoms with E-state index in [0.29, 0.717) is 29.8 Å². The number of hydrogen-bond donors (Lipinski definition) is 0. The van der Waals surface area contributed by atoms with Gasteiger partial charge in [0.05, 0.1) is 25.9 Å². The van der Waals surface area contributed by atoms with Crippen LogP contribution >= 0.6 is 23.2 Å². The van der Waals surface area contributed by atoms with Gasteiger partial charge in [-0.2, -0.15) is 5.10 Å². The Balaban J connectivity index is 1.49. The fraction of sp³-hybridized carbons (Fsp3) is 0.350. The summed E-state index contributed by atoms with van der Waals surface area (Å²) in [6, 6.07) is 9.40. The topological polar surface area (TPSA) is 62.1 Å². The Kier molecular flexibility index (Phi) is 5.92. The summed E-state index contributed by atoms with van der Waals surface area (Å²) in [5.41, 5.74) is 1.34. The van der Waals surface area contributed by atoms with E-state index >= 15 is 0 Å². The molecule has 0 spiro atoms. The van der Waals surface area contributed by atoms with Gasteiger partial charge >= 0.3 is 0 Å². The Hall–Kier alpha value is -1.99. The van der Waals surface area contributed by atoms with Gasteiger partial charge in [-0.15, -0.1) is 0 Å². The summed E-state index contributed by atoms with van der Waals surface area (Å²) in [6.07, 6.45) is 8.38. The minimum absolute atomic E-state index is 0.0352. The fourth-order valence-corrected chi connectivity index (χ4v) is 4.16. The second kappa shape index (κ2) is 8.57. The average Bonchev–Trinajstić information content (AvgIpc) is 3.34. The second-order valence-corrected chi connectivity index (χ2v) is 7.71. The van der Waals surface area contributed by atoms with Gasteiger partial charge in [-0.1, -0.05) is 35.3 Å². The van der Waals surface area contributed by atoms with Crippen molar-refractivity contribution in [3.8, 4) is 0 Å². The Morgan fingerprint density at radius 3 is 2.93 bits per heavy atom. The van der Waals surface area contributed by atoms with Crippen LogP contribution in [0.3, 0.4) is 0 Å². The Morgan fingerprint density at radius 2 is 2.18 bits per heavy atom. The number of ether oxygens (including phenoxy) is 2. The quantitative estimate of drug-likeness (QED) is 0.573. The van der Waals surface area contributed by atoms with Gasteiger partial charge in [-0.05, 0) is 36.6 Å². The van der Waals surface area contributed by atoms with Crippen LogP contribution in [0.25, 0.3) is 0 Å².